The molecule has 1 heterocycles. The van der Waals surface area contributed by atoms with Crippen LogP contribution in [0.4, 0.5) is 0 Å². The van der Waals surface area contributed by atoms with E-state index in [2.05, 4.69) is 0 Å². The van der Waals surface area contributed by atoms with Crippen molar-refractivity contribution in [2.75, 3.05) is 0 Å². The Morgan fingerprint density at radius 3 is 2.21 bits per heavy atom. The Labute approximate surface area is 86.3 Å². The minimum atomic E-state index is 0.00134. The zero-order valence-electron chi connectivity index (χ0n) is 8.30. The molecule has 1 aliphatic carbocycles. The predicted molar refractivity (Wildman–Crippen MR) is 56.1 cm³/mol. The number of hydrogen-bond donors (Lipinski definition) is 0. The Morgan fingerprint density at radius 2 is 1.57 bits per heavy atom. The van der Waals surface area contributed by atoms with E-state index in [-0.39, 0.29) is 11.6 Å². The third-order valence-corrected chi connectivity index (χ3v) is 3.60. The highest BCUT2D eigenvalue weighted by Gasteiger charge is 2.29. The van der Waals surface area contributed by atoms with Gasteiger partial charge in [-0.05, 0) is 26.8 Å². The molecule has 14 heavy (non-hydrogen) atoms. The monoisotopic (exact) mass is 206 g/mol. The molecule has 0 N–H and O–H groups in total. The molecule has 0 bridgehead atoms. The molecule has 72 valence electrons. The van der Waals surface area contributed by atoms with Gasteiger partial charge in [0.05, 0.1) is 4.88 Å². The number of rotatable bonds is 0. The van der Waals surface area contributed by atoms with Crippen LogP contribution in [0.25, 0.3) is 0 Å². The van der Waals surface area contributed by atoms with Crippen LogP contribution in [0.15, 0.2) is 17.2 Å². The summed E-state index contributed by atoms with van der Waals surface area (Å²) < 4.78 is 0. The van der Waals surface area contributed by atoms with E-state index in [1.807, 2.05) is 6.92 Å². The molecular weight excluding hydrogens is 196 g/mol. The largest absolute Gasteiger partial charge is 0.289 e. The number of hydrogen-bond acceptors (Lipinski definition) is 3. The summed E-state index contributed by atoms with van der Waals surface area (Å²) in [7, 11) is 0. The van der Waals surface area contributed by atoms with Crippen LogP contribution < -0.4 is 0 Å². The second-order valence-corrected chi connectivity index (χ2v) is 4.76. The standard InChI is InChI=1S/C11H10O2S/c1-5-4-8-9(12)6(2)7(3)10(13)11(8)14-5/h4H,1-3H3. The van der Waals surface area contributed by atoms with Crippen molar-refractivity contribution in [2.45, 2.75) is 20.8 Å². The molecule has 0 saturated carbocycles. The summed E-state index contributed by atoms with van der Waals surface area (Å²) in [6.07, 6.45) is 0. The maximum absolute atomic E-state index is 11.8. The fourth-order valence-corrected chi connectivity index (χ4v) is 2.57. The third kappa shape index (κ3) is 1.09. The molecule has 2 rings (SSSR count). The smallest absolute Gasteiger partial charge is 0.199 e. The predicted octanol–water partition coefficient (Wildman–Crippen LogP) is 2.77. The van der Waals surface area contributed by atoms with Crippen LogP contribution in [0.5, 0.6) is 0 Å². The van der Waals surface area contributed by atoms with E-state index >= 15 is 0 Å². The lowest BCUT2D eigenvalue weighted by Crippen LogP contribution is -2.16. The lowest BCUT2D eigenvalue weighted by molar-refractivity contribution is 0.0978. The van der Waals surface area contributed by atoms with Crippen molar-refractivity contribution < 1.29 is 9.59 Å². The molecule has 1 aromatic heterocycles. The quantitative estimate of drug-likeness (QED) is 0.654. The van der Waals surface area contributed by atoms with E-state index in [1.165, 1.54) is 11.3 Å². The minimum Gasteiger partial charge on any atom is -0.289 e. The van der Waals surface area contributed by atoms with Gasteiger partial charge in [-0.3, -0.25) is 9.59 Å². The summed E-state index contributed by atoms with van der Waals surface area (Å²) >= 11 is 1.40. The van der Waals surface area contributed by atoms with Gasteiger partial charge in [0.2, 0.25) is 0 Å². The van der Waals surface area contributed by atoms with E-state index in [4.69, 9.17) is 0 Å². The summed E-state index contributed by atoms with van der Waals surface area (Å²) in [6, 6.07) is 1.80. The van der Waals surface area contributed by atoms with Crippen LogP contribution in [-0.2, 0) is 0 Å². The highest BCUT2D eigenvalue weighted by molar-refractivity contribution is 7.14. The Morgan fingerprint density at radius 1 is 1.00 bits per heavy atom. The topological polar surface area (TPSA) is 34.1 Å². The van der Waals surface area contributed by atoms with Crippen molar-refractivity contribution in [3.63, 3.8) is 0 Å². The number of carbonyl (C=O) groups is 2. The summed E-state index contributed by atoms with van der Waals surface area (Å²) in [4.78, 5) is 25.2. The van der Waals surface area contributed by atoms with Gasteiger partial charge in [0.1, 0.15) is 0 Å². The second-order valence-electron chi connectivity index (χ2n) is 3.51. The molecule has 0 unspecified atom stereocenters. The third-order valence-electron chi connectivity index (χ3n) is 2.55. The maximum atomic E-state index is 11.8. The van der Waals surface area contributed by atoms with Gasteiger partial charge in [-0.25, -0.2) is 0 Å². The van der Waals surface area contributed by atoms with Crippen LogP contribution in [0.2, 0.25) is 0 Å². The van der Waals surface area contributed by atoms with Gasteiger partial charge in [0, 0.05) is 21.6 Å². The molecule has 0 radical (unpaired) electrons. The van der Waals surface area contributed by atoms with Crippen molar-refractivity contribution in [1.29, 1.82) is 0 Å². The van der Waals surface area contributed by atoms with E-state index in [9.17, 15) is 9.59 Å². The zero-order chi connectivity index (χ0) is 10.5. The highest BCUT2D eigenvalue weighted by atomic mass is 32.1. The number of allylic oxidation sites excluding steroid dienone is 2. The van der Waals surface area contributed by atoms with E-state index in [1.54, 1.807) is 19.9 Å². The Hall–Kier alpha value is -1.22. The highest BCUT2D eigenvalue weighted by Crippen LogP contribution is 2.31. The number of fused-ring (bicyclic) bond motifs is 1. The molecule has 0 spiro atoms. The van der Waals surface area contributed by atoms with E-state index < -0.39 is 0 Å². The van der Waals surface area contributed by atoms with Crippen molar-refractivity contribution in [3.05, 3.63) is 32.5 Å². The molecule has 0 aliphatic heterocycles. The van der Waals surface area contributed by atoms with Crippen molar-refractivity contribution >= 4 is 22.9 Å². The van der Waals surface area contributed by atoms with E-state index in [0.29, 0.717) is 21.6 Å². The van der Waals surface area contributed by atoms with Crippen molar-refractivity contribution in [1.82, 2.24) is 0 Å². The Kier molecular flexibility index (Phi) is 1.93. The van der Waals surface area contributed by atoms with Gasteiger partial charge >= 0.3 is 0 Å². The first kappa shape index (κ1) is 9.34. The zero-order valence-corrected chi connectivity index (χ0v) is 9.12. The van der Waals surface area contributed by atoms with Crippen LogP contribution in [-0.4, -0.2) is 11.6 Å². The molecule has 0 saturated heterocycles. The molecule has 2 nitrogen and oxygen atoms in total. The SMILES string of the molecule is CC1=C(C)C(=O)c2sc(C)cc2C1=O. The summed E-state index contributed by atoms with van der Waals surface area (Å²) in [6.45, 7) is 5.34. The molecule has 1 aliphatic rings. The number of ketones is 2. The first-order chi connectivity index (χ1) is 6.52. The van der Waals surface area contributed by atoms with Gasteiger partial charge in [0.15, 0.2) is 11.6 Å². The molecule has 0 atom stereocenters. The summed E-state index contributed by atoms with van der Waals surface area (Å²) in [5.41, 5.74) is 1.75. The van der Waals surface area contributed by atoms with Gasteiger partial charge in [-0.15, -0.1) is 11.3 Å². The van der Waals surface area contributed by atoms with Crippen LogP contribution in [0.1, 0.15) is 38.8 Å². The first-order valence-corrected chi connectivity index (χ1v) is 5.21. The van der Waals surface area contributed by atoms with Crippen LogP contribution in [0, 0.1) is 6.92 Å². The first-order valence-electron chi connectivity index (χ1n) is 4.39. The van der Waals surface area contributed by atoms with Crippen LogP contribution in [0.3, 0.4) is 0 Å². The lowest BCUT2D eigenvalue weighted by Gasteiger charge is -2.11. The molecule has 1 aromatic rings. The van der Waals surface area contributed by atoms with Crippen molar-refractivity contribution in [3.8, 4) is 0 Å². The normalized spacial score (nSPS) is 16.2. The molecule has 0 fully saturated rings. The fourth-order valence-electron chi connectivity index (χ4n) is 1.56. The average Bonchev–Trinajstić information content (AvgIpc) is 2.54. The summed E-state index contributed by atoms with van der Waals surface area (Å²) in [5.74, 6) is 0.0108. The fraction of sp³-hybridized carbons (Fsp3) is 0.273. The minimum absolute atomic E-state index is 0.00134. The number of thiophene rings is 1. The van der Waals surface area contributed by atoms with Gasteiger partial charge < -0.3 is 0 Å². The van der Waals surface area contributed by atoms with Gasteiger partial charge in [-0.2, -0.15) is 0 Å². The number of aryl methyl sites for hydroxylation is 1. The molecule has 3 heteroatoms. The Bertz CT molecular complexity index is 436. The van der Waals surface area contributed by atoms with Gasteiger partial charge in [-0.1, -0.05) is 0 Å². The summed E-state index contributed by atoms with van der Waals surface area (Å²) in [5, 5.41) is 0. The Balaban J connectivity index is 2.71. The maximum Gasteiger partial charge on any atom is 0.199 e. The van der Waals surface area contributed by atoms with Crippen LogP contribution >= 0.6 is 11.3 Å². The molecule has 0 amide bonds. The average molecular weight is 206 g/mol. The molecule has 0 aromatic carbocycles. The lowest BCUT2D eigenvalue weighted by atomic mass is 9.91. The second kappa shape index (κ2) is 2.89. The number of Topliss-reactive ketones (excluding diaryl/α,β-unsaturated/α-hetero) is 2. The molecular formula is C11H10O2S. The number of carbonyl (C=O) groups excluding carboxylic acids is 2. The van der Waals surface area contributed by atoms with E-state index in [0.717, 1.165) is 4.88 Å². The van der Waals surface area contributed by atoms with Gasteiger partial charge in [0.25, 0.3) is 0 Å². The van der Waals surface area contributed by atoms with Crippen molar-refractivity contribution in [2.24, 2.45) is 0 Å².